The Morgan fingerprint density at radius 3 is 2.69 bits per heavy atom. The van der Waals surface area contributed by atoms with Crippen molar-refractivity contribution in [1.29, 1.82) is 0 Å². The molecule has 0 aliphatic heterocycles. The lowest BCUT2D eigenvalue weighted by Crippen LogP contribution is -2.13. The van der Waals surface area contributed by atoms with E-state index >= 15 is 0 Å². The number of hydrogen-bond donors (Lipinski definition) is 4. The van der Waals surface area contributed by atoms with Gasteiger partial charge in [0.1, 0.15) is 5.75 Å². The van der Waals surface area contributed by atoms with Crippen molar-refractivity contribution < 1.29 is 10.2 Å². The molecular weight excluding hydrogens is 168 g/mol. The molecule has 1 atom stereocenters. The van der Waals surface area contributed by atoms with Crippen molar-refractivity contribution in [2.45, 2.75) is 12.5 Å². The molecule has 0 aromatic heterocycles. The van der Waals surface area contributed by atoms with Crippen molar-refractivity contribution in [2.75, 3.05) is 12.3 Å². The van der Waals surface area contributed by atoms with E-state index in [1.807, 2.05) is 0 Å². The maximum absolute atomic E-state index is 9.18. The Labute approximate surface area is 76.8 Å². The van der Waals surface area contributed by atoms with E-state index in [4.69, 9.17) is 16.6 Å². The van der Waals surface area contributed by atoms with Crippen LogP contribution in [0.5, 0.6) is 5.75 Å². The fraction of sp³-hybridized carbons (Fsp3) is 0.333. The first-order valence-corrected chi connectivity index (χ1v) is 4.10. The summed E-state index contributed by atoms with van der Waals surface area (Å²) in [5, 5.41) is 17.9. The van der Waals surface area contributed by atoms with Crippen LogP contribution in [-0.4, -0.2) is 16.8 Å². The van der Waals surface area contributed by atoms with E-state index < -0.39 is 0 Å². The number of nitrogens with two attached hydrogens (primary N) is 2. The van der Waals surface area contributed by atoms with Crippen LogP contribution in [0.2, 0.25) is 0 Å². The molecule has 4 heteroatoms. The van der Waals surface area contributed by atoms with Crippen molar-refractivity contribution in [3.8, 4) is 5.75 Å². The lowest BCUT2D eigenvalue weighted by atomic mass is 10.0. The number of phenols is 1. The molecule has 0 aliphatic carbocycles. The standard InChI is InChI=1S/C9H14N2O2/c10-8-2-1-6(13)5-7(8)9(11)3-4-12/h1-2,5,9,12-13H,3-4,10-11H2/t9-/m0/s1. The van der Waals surface area contributed by atoms with Gasteiger partial charge in [0.2, 0.25) is 0 Å². The fourth-order valence-corrected chi connectivity index (χ4v) is 1.18. The summed E-state index contributed by atoms with van der Waals surface area (Å²) in [6, 6.07) is 4.30. The van der Waals surface area contributed by atoms with Gasteiger partial charge in [0.05, 0.1) is 0 Å². The van der Waals surface area contributed by atoms with Crippen LogP contribution in [0.3, 0.4) is 0 Å². The third-order valence-electron chi connectivity index (χ3n) is 1.91. The molecule has 0 spiro atoms. The molecule has 13 heavy (non-hydrogen) atoms. The van der Waals surface area contributed by atoms with Gasteiger partial charge in [-0.25, -0.2) is 0 Å². The van der Waals surface area contributed by atoms with Crippen LogP contribution in [-0.2, 0) is 0 Å². The summed E-state index contributed by atoms with van der Waals surface area (Å²) in [5.41, 5.74) is 12.6. The largest absolute Gasteiger partial charge is 0.508 e. The summed E-state index contributed by atoms with van der Waals surface area (Å²) >= 11 is 0. The molecule has 1 aromatic rings. The number of phenolic OH excluding ortho intramolecular Hbond substituents is 1. The summed E-state index contributed by atoms with van der Waals surface area (Å²) < 4.78 is 0. The van der Waals surface area contributed by atoms with Gasteiger partial charge in [-0.05, 0) is 30.2 Å². The van der Waals surface area contributed by atoms with Gasteiger partial charge in [0.25, 0.3) is 0 Å². The minimum atomic E-state index is -0.322. The summed E-state index contributed by atoms with van der Waals surface area (Å²) in [4.78, 5) is 0. The smallest absolute Gasteiger partial charge is 0.116 e. The molecule has 0 bridgehead atoms. The molecule has 4 nitrogen and oxygen atoms in total. The molecule has 72 valence electrons. The Bertz CT molecular complexity index is 289. The van der Waals surface area contributed by atoms with E-state index in [-0.39, 0.29) is 18.4 Å². The predicted octanol–water partition coefficient (Wildman–Crippen LogP) is 0.357. The normalized spacial score (nSPS) is 12.8. The number of aromatic hydroxyl groups is 1. The van der Waals surface area contributed by atoms with Gasteiger partial charge >= 0.3 is 0 Å². The zero-order valence-corrected chi connectivity index (χ0v) is 7.27. The summed E-state index contributed by atoms with van der Waals surface area (Å²) in [6.45, 7) is 0.0102. The molecular formula is C9H14N2O2. The second kappa shape index (κ2) is 4.11. The number of nitrogen functional groups attached to an aromatic ring is 1. The first kappa shape index (κ1) is 9.83. The SMILES string of the molecule is Nc1ccc(O)cc1[C@@H](N)CCO. The van der Waals surface area contributed by atoms with Crippen LogP contribution < -0.4 is 11.5 Å². The van der Waals surface area contributed by atoms with Crippen LogP contribution in [0.15, 0.2) is 18.2 Å². The molecule has 0 radical (unpaired) electrons. The maximum Gasteiger partial charge on any atom is 0.116 e. The lowest BCUT2D eigenvalue weighted by Gasteiger charge is -2.13. The first-order chi connectivity index (χ1) is 6.15. The van der Waals surface area contributed by atoms with Crippen LogP contribution in [0.1, 0.15) is 18.0 Å². The Kier molecular flexibility index (Phi) is 3.11. The minimum absolute atomic E-state index is 0.0102. The highest BCUT2D eigenvalue weighted by Gasteiger charge is 2.09. The number of aliphatic hydroxyl groups is 1. The molecule has 0 heterocycles. The van der Waals surface area contributed by atoms with E-state index in [0.29, 0.717) is 17.7 Å². The molecule has 1 rings (SSSR count). The molecule has 6 N–H and O–H groups in total. The molecule has 0 amide bonds. The van der Waals surface area contributed by atoms with Gasteiger partial charge in [-0.3, -0.25) is 0 Å². The molecule has 0 unspecified atom stereocenters. The molecule has 0 aliphatic rings. The zero-order chi connectivity index (χ0) is 9.84. The average Bonchev–Trinajstić information content (AvgIpc) is 2.09. The van der Waals surface area contributed by atoms with E-state index in [1.54, 1.807) is 6.07 Å². The lowest BCUT2D eigenvalue weighted by molar-refractivity contribution is 0.276. The summed E-state index contributed by atoms with van der Waals surface area (Å²) in [7, 11) is 0. The Morgan fingerprint density at radius 2 is 2.08 bits per heavy atom. The van der Waals surface area contributed by atoms with E-state index in [9.17, 15) is 5.11 Å². The van der Waals surface area contributed by atoms with Crippen LogP contribution in [0.4, 0.5) is 5.69 Å². The Hall–Kier alpha value is -1.26. The van der Waals surface area contributed by atoms with Crippen LogP contribution in [0.25, 0.3) is 0 Å². The third kappa shape index (κ3) is 2.34. The summed E-state index contributed by atoms with van der Waals surface area (Å²) in [6.07, 6.45) is 0.438. The highest BCUT2D eigenvalue weighted by molar-refractivity contribution is 5.51. The molecule has 0 saturated heterocycles. The van der Waals surface area contributed by atoms with E-state index in [2.05, 4.69) is 0 Å². The Morgan fingerprint density at radius 1 is 1.38 bits per heavy atom. The number of aliphatic hydroxyl groups excluding tert-OH is 1. The minimum Gasteiger partial charge on any atom is -0.508 e. The van der Waals surface area contributed by atoms with E-state index in [1.165, 1.54) is 12.1 Å². The van der Waals surface area contributed by atoms with E-state index in [0.717, 1.165) is 0 Å². The zero-order valence-electron chi connectivity index (χ0n) is 7.27. The van der Waals surface area contributed by atoms with Crippen LogP contribution >= 0.6 is 0 Å². The number of hydrogen-bond acceptors (Lipinski definition) is 4. The quantitative estimate of drug-likeness (QED) is 0.401. The van der Waals surface area contributed by atoms with Crippen molar-refractivity contribution in [1.82, 2.24) is 0 Å². The van der Waals surface area contributed by atoms with Gasteiger partial charge in [-0.2, -0.15) is 0 Å². The monoisotopic (exact) mass is 182 g/mol. The third-order valence-corrected chi connectivity index (χ3v) is 1.91. The first-order valence-electron chi connectivity index (χ1n) is 4.10. The van der Waals surface area contributed by atoms with Gasteiger partial charge < -0.3 is 21.7 Å². The molecule has 1 aromatic carbocycles. The second-order valence-corrected chi connectivity index (χ2v) is 2.93. The highest BCUT2D eigenvalue weighted by atomic mass is 16.3. The second-order valence-electron chi connectivity index (χ2n) is 2.93. The molecule has 0 fully saturated rings. The number of benzene rings is 1. The fourth-order valence-electron chi connectivity index (χ4n) is 1.18. The van der Waals surface area contributed by atoms with Crippen molar-refractivity contribution in [3.05, 3.63) is 23.8 Å². The summed E-state index contributed by atoms with van der Waals surface area (Å²) in [5.74, 6) is 0.137. The Balaban J connectivity index is 2.91. The van der Waals surface area contributed by atoms with Crippen LogP contribution in [0, 0.1) is 0 Å². The average molecular weight is 182 g/mol. The molecule has 0 saturated carbocycles. The van der Waals surface area contributed by atoms with Gasteiger partial charge in [0.15, 0.2) is 0 Å². The van der Waals surface area contributed by atoms with Gasteiger partial charge in [-0.1, -0.05) is 0 Å². The maximum atomic E-state index is 9.18. The van der Waals surface area contributed by atoms with Crippen molar-refractivity contribution in [3.63, 3.8) is 0 Å². The highest BCUT2D eigenvalue weighted by Crippen LogP contribution is 2.24. The number of rotatable bonds is 3. The van der Waals surface area contributed by atoms with Crippen molar-refractivity contribution >= 4 is 5.69 Å². The van der Waals surface area contributed by atoms with Crippen molar-refractivity contribution in [2.24, 2.45) is 5.73 Å². The number of anilines is 1. The topological polar surface area (TPSA) is 92.5 Å². The van der Waals surface area contributed by atoms with Gasteiger partial charge in [0, 0.05) is 18.3 Å². The van der Waals surface area contributed by atoms with Gasteiger partial charge in [-0.15, -0.1) is 0 Å². The predicted molar refractivity (Wildman–Crippen MR) is 51.2 cm³/mol.